The van der Waals surface area contributed by atoms with Gasteiger partial charge in [-0.1, -0.05) is 12.1 Å². The standard InChI is InChI=1S/C20H19N3O4/c21-12-13-1-6-18(25)16(11-13)14-2-4-15(5-3-14)20(27)23-9-8-22-19(26)17(23)7-10-24/h1-6,11,17,24-25H,7-10H2,(H,22,26)/t17-/m1/s1. The van der Waals surface area contributed by atoms with Crippen LogP contribution >= 0.6 is 0 Å². The zero-order chi connectivity index (χ0) is 19.4. The molecule has 1 fully saturated rings. The van der Waals surface area contributed by atoms with Gasteiger partial charge >= 0.3 is 0 Å². The van der Waals surface area contributed by atoms with Crippen molar-refractivity contribution >= 4 is 11.8 Å². The van der Waals surface area contributed by atoms with Crippen molar-refractivity contribution in [1.82, 2.24) is 10.2 Å². The summed E-state index contributed by atoms with van der Waals surface area (Å²) >= 11 is 0. The minimum Gasteiger partial charge on any atom is -0.507 e. The number of benzene rings is 2. The molecule has 7 heteroatoms. The highest BCUT2D eigenvalue weighted by molar-refractivity contribution is 5.98. The maximum Gasteiger partial charge on any atom is 0.254 e. The molecular weight excluding hydrogens is 346 g/mol. The van der Waals surface area contributed by atoms with Gasteiger partial charge in [0, 0.05) is 30.8 Å². The van der Waals surface area contributed by atoms with Crippen molar-refractivity contribution in [2.24, 2.45) is 0 Å². The normalized spacial score (nSPS) is 16.5. The molecule has 0 saturated carbocycles. The number of nitrogens with zero attached hydrogens (tertiary/aromatic N) is 2. The van der Waals surface area contributed by atoms with E-state index in [1.54, 1.807) is 30.3 Å². The van der Waals surface area contributed by atoms with Crippen molar-refractivity contribution in [2.45, 2.75) is 12.5 Å². The lowest BCUT2D eigenvalue weighted by atomic mass is 10.00. The Morgan fingerprint density at radius 3 is 2.67 bits per heavy atom. The van der Waals surface area contributed by atoms with Crippen LogP contribution in [0.2, 0.25) is 0 Å². The number of carbonyl (C=O) groups is 2. The van der Waals surface area contributed by atoms with Crippen LogP contribution in [0.25, 0.3) is 11.1 Å². The molecule has 0 spiro atoms. The van der Waals surface area contributed by atoms with Crippen LogP contribution in [0.1, 0.15) is 22.3 Å². The van der Waals surface area contributed by atoms with Crippen LogP contribution in [0.4, 0.5) is 0 Å². The molecule has 2 aromatic rings. The number of phenols is 1. The van der Waals surface area contributed by atoms with E-state index < -0.39 is 6.04 Å². The van der Waals surface area contributed by atoms with E-state index in [1.807, 2.05) is 6.07 Å². The van der Waals surface area contributed by atoms with E-state index >= 15 is 0 Å². The number of aliphatic hydroxyl groups excluding tert-OH is 1. The molecule has 1 aliphatic heterocycles. The number of hydrogen-bond acceptors (Lipinski definition) is 5. The van der Waals surface area contributed by atoms with E-state index in [1.165, 1.54) is 17.0 Å². The van der Waals surface area contributed by atoms with Crippen LogP contribution in [0, 0.1) is 11.3 Å². The van der Waals surface area contributed by atoms with Crippen LogP contribution in [0.15, 0.2) is 42.5 Å². The predicted molar refractivity (Wildman–Crippen MR) is 97.8 cm³/mol. The van der Waals surface area contributed by atoms with Gasteiger partial charge in [-0.2, -0.15) is 5.26 Å². The number of carbonyl (C=O) groups excluding carboxylic acids is 2. The maximum absolute atomic E-state index is 12.8. The quantitative estimate of drug-likeness (QED) is 0.755. The van der Waals surface area contributed by atoms with E-state index in [0.717, 1.165) is 0 Å². The van der Waals surface area contributed by atoms with Gasteiger partial charge in [0.2, 0.25) is 5.91 Å². The number of aromatic hydroxyl groups is 1. The Morgan fingerprint density at radius 1 is 1.26 bits per heavy atom. The first-order chi connectivity index (χ1) is 13.0. The van der Waals surface area contributed by atoms with E-state index in [4.69, 9.17) is 5.26 Å². The number of nitrogens with one attached hydrogen (secondary N) is 1. The Morgan fingerprint density at radius 2 is 2.00 bits per heavy atom. The summed E-state index contributed by atoms with van der Waals surface area (Å²) in [6.45, 7) is 0.566. The molecule has 3 rings (SSSR count). The molecular formula is C20H19N3O4. The fraction of sp³-hybridized carbons (Fsp3) is 0.250. The third-order valence-corrected chi connectivity index (χ3v) is 4.56. The fourth-order valence-corrected chi connectivity index (χ4v) is 3.16. The van der Waals surface area contributed by atoms with E-state index in [2.05, 4.69) is 5.32 Å². The Balaban J connectivity index is 1.86. The lowest BCUT2D eigenvalue weighted by Crippen LogP contribution is -2.57. The average Bonchev–Trinajstić information content (AvgIpc) is 2.70. The Bertz CT molecular complexity index is 902. The van der Waals surface area contributed by atoms with Crippen LogP contribution in [-0.4, -0.2) is 52.7 Å². The Kier molecular flexibility index (Phi) is 5.38. The topological polar surface area (TPSA) is 114 Å². The molecule has 1 saturated heterocycles. The van der Waals surface area contributed by atoms with Crippen LogP contribution in [0.5, 0.6) is 5.75 Å². The SMILES string of the molecule is N#Cc1ccc(O)c(-c2ccc(C(=O)N3CCNC(=O)[C@H]3CCO)cc2)c1. The summed E-state index contributed by atoms with van der Waals surface area (Å²) in [5.41, 5.74) is 2.01. The molecule has 1 atom stereocenters. The Hall–Kier alpha value is -3.37. The second-order valence-electron chi connectivity index (χ2n) is 6.24. The first-order valence-electron chi connectivity index (χ1n) is 8.58. The number of nitriles is 1. The average molecular weight is 365 g/mol. The summed E-state index contributed by atoms with van der Waals surface area (Å²) in [4.78, 5) is 26.3. The molecule has 0 aromatic heterocycles. The zero-order valence-corrected chi connectivity index (χ0v) is 14.6. The summed E-state index contributed by atoms with van der Waals surface area (Å²) in [5.74, 6) is -0.507. The van der Waals surface area contributed by atoms with Crippen molar-refractivity contribution in [1.29, 1.82) is 5.26 Å². The third kappa shape index (κ3) is 3.76. The minimum atomic E-state index is -0.688. The first kappa shape index (κ1) is 18.4. The van der Waals surface area contributed by atoms with Crippen molar-refractivity contribution in [3.8, 4) is 22.9 Å². The minimum absolute atomic E-state index is 0.0452. The smallest absolute Gasteiger partial charge is 0.254 e. The van der Waals surface area contributed by atoms with Crippen molar-refractivity contribution < 1.29 is 19.8 Å². The van der Waals surface area contributed by atoms with E-state index in [-0.39, 0.29) is 30.6 Å². The predicted octanol–water partition coefficient (Wildman–Crippen LogP) is 1.25. The van der Waals surface area contributed by atoms with E-state index in [0.29, 0.717) is 35.3 Å². The first-order valence-corrected chi connectivity index (χ1v) is 8.58. The molecule has 1 aliphatic rings. The van der Waals surface area contributed by atoms with Crippen LogP contribution in [-0.2, 0) is 4.79 Å². The molecule has 27 heavy (non-hydrogen) atoms. The fourth-order valence-electron chi connectivity index (χ4n) is 3.16. The zero-order valence-electron chi connectivity index (χ0n) is 14.6. The third-order valence-electron chi connectivity index (χ3n) is 4.56. The van der Waals surface area contributed by atoms with Crippen molar-refractivity contribution in [3.05, 3.63) is 53.6 Å². The lowest BCUT2D eigenvalue weighted by molar-refractivity contribution is -0.128. The van der Waals surface area contributed by atoms with Crippen molar-refractivity contribution in [2.75, 3.05) is 19.7 Å². The van der Waals surface area contributed by atoms with Gasteiger partial charge in [0.05, 0.1) is 11.6 Å². The van der Waals surface area contributed by atoms with Gasteiger partial charge in [-0.05, 0) is 42.3 Å². The highest BCUT2D eigenvalue weighted by atomic mass is 16.3. The van der Waals surface area contributed by atoms with Gasteiger partial charge in [-0.3, -0.25) is 9.59 Å². The summed E-state index contributed by atoms with van der Waals surface area (Å²) in [6.07, 6.45) is 0.185. The molecule has 2 amide bonds. The highest BCUT2D eigenvalue weighted by Crippen LogP contribution is 2.30. The van der Waals surface area contributed by atoms with Crippen LogP contribution in [0.3, 0.4) is 0 Å². The monoisotopic (exact) mass is 365 g/mol. The van der Waals surface area contributed by atoms with Gasteiger partial charge < -0.3 is 20.4 Å². The number of hydrogen-bond donors (Lipinski definition) is 3. The van der Waals surface area contributed by atoms with Gasteiger partial charge in [-0.25, -0.2) is 0 Å². The largest absolute Gasteiger partial charge is 0.507 e. The molecule has 0 unspecified atom stereocenters. The highest BCUT2D eigenvalue weighted by Gasteiger charge is 2.32. The van der Waals surface area contributed by atoms with Crippen LogP contribution < -0.4 is 5.32 Å². The summed E-state index contributed by atoms with van der Waals surface area (Å²) in [6, 6.07) is 12.5. The Labute approximate surface area is 156 Å². The van der Waals surface area contributed by atoms with E-state index in [9.17, 15) is 19.8 Å². The van der Waals surface area contributed by atoms with Gasteiger partial charge in [0.15, 0.2) is 0 Å². The summed E-state index contributed by atoms with van der Waals surface area (Å²) in [5, 5.41) is 30.9. The summed E-state index contributed by atoms with van der Waals surface area (Å²) < 4.78 is 0. The molecule has 7 nitrogen and oxygen atoms in total. The molecule has 2 aromatic carbocycles. The number of phenolic OH excluding ortho intramolecular Hbond substituents is 1. The second-order valence-corrected chi connectivity index (χ2v) is 6.24. The van der Waals surface area contributed by atoms with Gasteiger partial charge in [0.1, 0.15) is 11.8 Å². The molecule has 1 heterocycles. The second kappa shape index (κ2) is 7.89. The van der Waals surface area contributed by atoms with Gasteiger partial charge in [-0.15, -0.1) is 0 Å². The lowest BCUT2D eigenvalue weighted by Gasteiger charge is -2.34. The number of rotatable bonds is 4. The molecule has 0 radical (unpaired) electrons. The van der Waals surface area contributed by atoms with Gasteiger partial charge in [0.25, 0.3) is 5.91 Å². The van der Waals surface area contributed by atoms with Crippen molar-refractivity contribution in [3.63, 3.8) is 0 Å². The molecule has 3 N–H and O–H groups in total. The number of aliphatic hydroxyl groups is 1. The number of piperazine rings is 1. The molecule has 0 bridgehead atoms. The summed E-state index contributed by atoms with van der Waals surface area (Å²) in [7, 11) is 0. The molecule has 0 aliphatic carbocycles. The molecule has 138 valence electrons. The maximum atomic E-state index is 12.8. The number of amides is 2.